The van der Waals surface area contributed by atoms with E-state index < -0.39 is 0 Å². The van der Waals surface area contributed by atoms with Crippen LogP contribution in [0, 0.1) is 0 Å². The van der Waals surface area contributed by atoms with Crippen molar-refractivity contribution in [3.63, 3.8) is 0 Å². The summed E-state index contributed by atoms with van der Waals surface area (Å²) >= 11 is 0. The lowest BCUT2D eigenvalue weighted by Gasteiger charge is -2.13. The van der Waals surface area contributed by atoms with E-state index in [0.717, 1.165) is 11.9 Å². The van der Waals surface area contributed by atoms with Crippen molar-refractivity contribution in [3.8, 4) is 5.75 Å². The largest absolute Gasteiger partial charge is 0.508 e. The predicted octanol–water partition coefficient (Wildman–Crippen LogP) is 2.54. The van der Waals surface area contributed by atoms with Gasteiger partial charge in [-0.25, -0.2) is 0 Å². The Kier molecular flexibility index (Phi) is 1.95. The van der Waals surface area contributed by atoms with Gasteiger partial charge in [-0.2, -0.15) is 0 Å². The molecule has 1 saturated carbocycles. The van der Waals surface area contributed by atoms with Crippen LogP contribution in [-0.4, -0.2) is 11.7 Å². The average Bonchev–Trinajstić information content (AvgIpc) is 3.09. The van der Waals surface area contributed by atoms with Gasteiger partial charge < -0.3 is 10.8 Å². The second kappa shape index (κ2) is 3.22. The molecule has 1 aliphatic carbocycles. The van der Waals surface area contributed by atoms with Crippen molar-refractivity contribution in [2.24, 2.45) is 5.73 Å². The Bertz CT molecular complexity index is 543. The van der Waals surface area contributed by atoms with Crippen molar-refractivity contribution in [1.82, 2.24) is 0 Å². The molecule has 0 saturated heterocycles. The standard InChI is InChI=1S/C14H15NO/c15-9-14(5-6-14)12-3-1-11-8-13(16)4-2-10(11)7-12/h1-4,7-8,16H,5-6,9,15H2. The van der Waals surface area contributed by atoms with Gasteiger partial charge in [-0.3, -0.25) is 0 Å². The van der Waals surface area contributed by atoms with E-state index in [9.17, 15) is 5.11 Å². The van der Waals surface area contributed by atoms with E-state index in [0.29, 0.717) is 5.75 Å². The molecule has 0 radical (unpaired) electrons. The minimum absolute atomic E-state index is 0.242. The zero-order valence-corrected chi connectivity index (χ0v) is 9.11. The molecule has 1 fully saturated rings. The normalized spacial score (nSPS) is 17.6. The fourth-order valence-corrected chi connectivity index (χ4v) is 2.32. The van der Waals surface area contributed by atoms with Crippen molar-refractivity contribution >= 4 is 10.8 Å². The minimum Gasteiger partial charge on any atom is -0.508 e. The molecule has 0 amide bonds. The second-order valence-corrected chi connectivity index (χ2v) is 4.73. The first-order valence-electron chi connectivity index (χ1n) is 5.67. The molecule has 16 heavy (non-hydrogen) atoms. The fourth-order valence-electron chi connectivity index (χ4n) is 2.32. The summed E-state index contributed by atoms with van der Waals surface area (Å²) in [6.45, 7) is 0.733. The molecule has 0 unspecified atom stereocenters. The highest BCUT2D eigenvalue weighted by molar-refractivity contribution is 5.84. The molecule has 0 aliphatic heterocycles. The first kappa shape index (κ1) is 9.67. The van der Waals surface area contributed by atoms with Crippen LogP contribution < -0.4 is 5.73 Å². The van der Waals surface area contributed by atoms with Crippen LogP contribution in [0.4, 0.5) is 0 Å². The molecule has 0 atom stereocenters. The molecular formula is C14H15NO. The predicted molar refractivity (Wildman–Crippen MR) is 65.6 cm³/mol. The number of benzene rings is 2. The molecule has 2 aromatic carbocycles. The van der Waals surface area contributed by atoms with Crippen molar-refractivity contribution in [2.45, 2.75) is 18.3 Å². The number of hydrogen-bond donors (Lipinski definition) is 2. The van der Waals surface area contributed by atoms with E-state index in [2.05, 4.69) is 18.2 Å². The van der Waals surface area contributed by atoms with Gasteiger partial charge in [0.1, 0.15) is 5.75 Å². The molecule has 0 heterocycles. The van der Waals surface area contributed by atoms with Crippen LogP contribution >= 0.6 is 0 Å². The third-order valence-electron chi connectivity index (χ3n) is 3.68. The quantitative estimate of drug-likeness (QED) is 0.805. The van der Waals surface area contributed by atoms with Crippen LogP contribution in [-0.2, 0) is 5.41 Å². The maximum Gasteiger partial charge on any atom is 0.116 e. The summed E-state index contributed by atoms with van der Waals surface area (Å²) in [4.78, 5) is 0. The lowest BCUT2D eigenvalue weighted by atomic mass is 9.94. The van der Waals surface area contributed by atoms with Gasteiger partial charge in [0.25, 0.3) is 0 Å². The highest BCUT2D eigenvalue weighted by Crippen LogP contribution is 2.47. The SMILES string of the molecule is NCC1(c2ccc3cc(O)ccc3c2)CC1. The van der Waals surface area contributed by atoms with Gasteiger partial charge in [0.15, 0.2) is 0 Å². The first-order valence-corrected chi connectivity index (χ1v) is 5.67. The van der Waals surface area contributed by atoms with Crippen LogP contribution in [0.15, 0.2) is 36.4 Å². The summed E-state index contributed by atoms with van der Waals surface area (Å²) in [6, 6.07) is 11.9. The maximum absolute atomic E-state index is 9.40. The van der Waals surface area contributed by atoms with E-state index in [1.807, 2.05) is 6.07 Å². The van der Waals surface area contributed by atoms with Crippen molar-refractivity contribution in [3.05, 3.63) is 42.0 Å². The third-order valence-corrected chi connectivity index (χ3v) is 3.68. The van der Waals surface area contributed by atoms with Gasteiger partial charge in [-0.05, 0) is 41.3 Å². The number of phenols is 1. The molecule has 0 bridgehead atoms. The number of aromatic hydroxyl groups is 1. The monoisotopic (exact) mass is 213 g/mol. The Hall–Kier alpha value is -1.54. The third kappa shape index (κ3) is 1.38. The lowest BCUT2D eigenvalue weighted by Crippen LogP contribution is -2.19. The Balaban J connectivity index is 2.13. The van der Waals surface area contributed by atoms with Crippen molar-refractivity contribution in [2.75, 3.05) is 6.54 Å². The second-order valence-electron chi connectivity index (χ2n) is 4.73. The first-order chi connectivity index (χ1) is 7.73. The topological polar surface area (TPSA) is 46.2 Å². The average molecular weight is 213 g/mol. The zero-order valence-electron chi connectivity index (χ0n) is 9.11. The summed E-state index contributed by atoms with van der Waals surface area (Å²) in [7, 11) is 0. The molecule has 3 N–H and O–H groups in total. The summed E-state index contributed by atoms with van der Waals surface area (Å²) < 4.78 is 0. The van der Waals surface area contributed by atoms with Crippen LogP contribution in [0.25, 0.3) is 10.8 Å². The molecular weight excluding hydrogens is 198 g/mol. The highest BCUT2D eigenvalue weighted by Gasteiger charge is 2.42. The Morgan fingerprint density at radius 3 is 2.44 bits per heavy atom. The zero-order chi connectivity index (χ0) is 11.2. The van der Waals surface area contributed by atoms with E-state index in [1.165, 1.54) is 23.8 Å². The summed E-state index contributed by atoms with van der Waals surface area (Å²) in [6.07, 6.45) is 2.40. The Labute approximate surface area is 94.7 Å². The molecule has 1 aliphatic rings. The van der Waals surface area contributed by atoms with Crippen LogP contribution in [0.1, 0.15) is 18.4 Å². The van der Waals surface area contributed by atoms with Crippen molar-refractivity contribution < 1.29 is 5.11 Å². The van der Waals surface area contributed by atoms with Gasteiger partial charge in [-0.1, -0.05) is 24.3 Å². The molecule has 82 valence electrons. The van der Waals surface area contributed by atoms with Gasteiger partial charge in [0, 0.05) is 12.0 Å². The van der Waals surface area contributed by atoms with Gasteiger partial charge >= 0.3 is 0 Å². The fraction of sp³-hybridized carbons (Fsp3) is 0.286. The molecule has 3 rings (SSSR count). The Morgan fingerprint density at radius 2 is 1.75 bits per heavy atom. The molecule has 0 aromatic heterocycles. The molecule has 2 heteroatoms. The van der Waals surface area contributed by atoms with E-state index in [-0.39, 0.29) is 5.41 Å². The van der Waals surface area contributed by atoms with Gasteiger partial charge in [-0.15, -0.1) is 0 Å². The van der Waals surface area contributed by atoms with E-state index in [1.54, 1.807) is 12.1 Å². The molecule has 2 nitrogen and oxygen atoms in total. The summed E-state index contributed by atoms with van der Waals surface area (Å²) in [5.41, 5.74) is 7.41. The Morgan fingerprint density at radius 1 is 1.06 bits per heavy atom. The van der Waals surface area contributed by atoms with Gasteiger partial charge in [0.05, 0.1) is 0 Å². The number of hydrogen-bond acceptors (Lipinski definition) is 2. The van der Waals surface area contributed by atoms with Crippen LogP contribution in [0.2, 0.25) is 0 Å². The summed E-state index contributed by atoms with van der Waals surface area (Å²) in [5, 5.41) is 11.7. The highest BCUT2D eigenvalue weighted by atomic mass is 16.3. The number of phenolic OH excluding ortho intramolecular Hbond substituents is 1. The van der Waals surface area contributed by atoms with Gasteiger partial charge in [0.2, 0.25) is 0 Å². The van der Waals surface area contributed by atoms with E-state index in [4.69, 9.17) is 5.73 Å². The van der Waals surface area contributed by atoms with Crippen molar-refractivity contribution in [1.29, 1.82) is 0 Å². The number of fused-ring (bicyclic) bond motifs is 1. The van der Waals surface area contributed by atoms with E-state index >= 15 is 0 Å². The molecule has 2 aromatic rings. The van der Waals surface area contributed by atoms with Crippen LogP contribution in [0.3, 0.4) is 0 Å². The minimum atomic E-state index is 0.242. The van der Waals surface area contributed by atoms with Crippen LogP contribution in [0.5, 0.6) is 5.75 Å². The number of rotatable bonds is 2. The molecule has 0 spiro atoms. The number of nitrogens with two attached hydrogens (primary N) is 1. The maximum atomic E-state index is 9.40. The summed E-state index contributed by atoms with van der Waals surface area (Å²) in [5.74, 6) is 0.320. The smallest absolute Gasteiger partial charge is 0.116 e. The lowest BCUT2D eigenvalue weighted by molar-refractivity contribution is 0.476.